The van der Waals surface area contributed by atoms with Gasteiger partial charge in [-0.1, -0.05) is 23.7 Å². The molecule has 1 saturated heterocycles. The van der Waals surface area contributed by atoms with Crippen LogP contribution in [0.4, 0.5) is 11.4 Å². The lowest BCUT2D eigenvalue weighted by Gasteiger charge is -2.28. The highest BCUT2D eigenvalue weighted by Gasteiger charge is 2.14. The predicted molar refractivity (Wildman–Crippen MR) is 89.7 cm³/mol. The number of piperidine rings is 1. The normalized spacial score (nSPS) is 14.7. The number of nitrogens with zero attached hydrogens (tertiary/aromatic N) is 2. The predicted octanol–water partition coefficient (Wildman–Crippen LogP) is 3.98. The topological polar surface area (TPSA) is 45.2 Å². The van der Waals surface area contributed by atoms with E-state index in [0.717, 1.165) is 18.8 Å². The number of hydrogen-bond acceptors (Lipinski definition) is 3. The molecule has 3 rings (SSSR count). The van der Waals surface area contributed by atoms with Crippen molar-refractivity contribution in [3.8, 4) is 0 Å². The molecular formula is C17H18ClN3O. The van der Waals surface area contributed by atoms with Gasteiger partial charge in [-0.05, 0) is 37.5 Å². The van der Waals surface area contributed by atoms with Gasteiger partial charge in [0.2, 0.25) is 0 Å². The van der Waals surface area contributed by atoms with E-state index in [1.54, 1.807) is 18.3 Å². The number of carbonyl (C=O) groups is 1. The van der Waals surface area contributed by atoms with Crippen LogP contribution in [0.2, 0.25) is 5.02 Å². The number of hydrogen-bond donors (Lipinski definition) is 1. The lowest BCUT2D eigenvalue weighted by atomic mass is 10.1. The van der Waals surface area contributed by atoms with Gasteiger partial charge < -0.3 is 10.2 Å². The molecule has 1 aliphatic heterocycles. The molecule has 2 aromatic rings. The number of benzene rings is 1. The second kappa shape index (κ2) is 6.79. The van der Waals surface area contributed by atoms with Crippen molar-refractivity contribution in [2.45, 2.75) is 19.3 Å². The maximum absolute atomic E-state index is 12.4. The number of rotatable bonds is 3. The first kappa shape index (κ1) is 14.9. The van der Waals surface area contributed by atoms with E-state index in [1.807, 2.05) is 24.4 Å². The van der Waals surface area contributed by atoms with E-state index in [-0.39, 0.29) is 5.91 Å². The van der Waals surface area contributed by atoms with Crippen molar-refractivity contribution < 1.29 is 4.79 Å². The highest BCUT2D eigenvalue weighted by Crippen LogP contribution is 2.23. The maximum Gasteiger partial charge on any atom is 0.257 e. The number of pyridine rings is 1. The van der Waals surface area contributed by atoms with E-state index in [1.165, 1.54) is 19.3 Å². The maximum atomic E-state index is 12.4. The largest absolute Gasteiger partial charge is 0.370 e. The number of aromatic nitrogens is 1. The smallest absolute Gasteiger partial charge is 0.257 e. The first-order chi connectivity index (χ1) is 10.7. The zero-order chi connectivity index (χ0) is 15.4. The molecule has 22 heavy (non-hydrogen) atoms. The Bertz CT molecular complexity index is 668. The van der Waals surface area contributed by atoms with Crippen LogP contribution in [0.15, 0.2) is 42.7 Å². The summed E-state index contributed by atoms with van der Waals surface area (Å²) in [5, 5.41) is 3.35. The average molecular weight is 316 g/mol. The van der Waals surface area contributed by atoms with Crippen molar-refractivity contribution in [2.24, 2.45) is 0 Å². The van der Waals surface area contributed by atoms with E-state index in [4.69, 9.17) is 11.6 Å². The van der Waals surface area contributed by atoms with E-state index in [2.05, 4.69) is 15.2 Å². The van der Waals surface area contributed by atoms with Gasteiger partial charge in [-0.15, -0.1) is 0 Å². The summed E-state index contributed by atoms with van der Waals surface area (Å²) in [5.41, 5.74) is 2.16. The van der Waals surface area contributed by atoms with E-state index in [9.17, 15) is 4.79 Å². The van der Waals surface area contributed by atoms with Gasteiger partial charge in [0, 0.05) is 19.3 Å². The quantitative estimate of drug-likeness (QED) is 0.932. The summed E-state index contributed by atoms with van der Waals surface area (Å²) in [4.78, 5) is 18.9. The number of carbonyl (C=O) groups excluding carboxylic acids is 1. The Kier molecular flexibility index (Phi) is 4.59. The summed E-state index contributed by atoms with van der Waals surface area (Å²) in [5.74, 6) is -0.195. The number of amides is 1. The Morgan fingerprint density at radius 2 is 1.91 bits per heavy atom. The van der Waals surface area contributed by atoms with Crippen LogP contribution in [-0.2, 0) is 0 Å². The molecule has 0 saturated carbocycles. The lowest BCUT2D eigenvalue weighted by Crippen LogP contribution is -2.29. The number of para-hydroxylation sites is 1. The van der Waals surface area contributed by atoms with Crippen LogP contribution in [0.3, 0.4) is 0 Å². The molecule has 0 aliphatic carbocycles. The lowest BCUT2D eigenvalue weighted by molar-refractivity contribution is 0.102. The van der Waals surface area contributed by atoms with Crippen LogP contribution < -0.4 is 10.2 Å². The molecule has 114 valence electrons. The Balaban J connectivity index is 1.76. The summed E-state index contributed by atoms with van der Waals surface area (Å²) in [6, 6.07) is 9.09. The molecule has 1 aromatic heterocycles. The number of anilines is 2. The Morgan fingerprint density at radius 1 is 1.14 bits per heavy atom. The Labute approximate surface area is 135 Å². The minimum absolute atomic E-state index is 0.195. The molecule has 1 N–H and O–H groups in total. The number of halogens is 1. The Morgan fingerprint density at radius 3 is 2.68 bits per heavy atom. The molecule has 1 aliphatic rings. The van der Waals surface area contributed by atoms with Crippen molar-refractivity contribution >= 4 is 28.9 Å². The molecule has 2 heterocycles. The molecule has 4 nitrogen and oxygen atoms in total. The SMILES string of the molecule is O=C(Nc1ccccc1Cl)c1cncc(N2CCCCC2)c1. The fraction of sp³-hybridized carbons (Fsp3) is 0.294. The first-order valence-electron chi connectivity index (χ1n) is 7.50. The first-order valence-corrected chi connectivity index (χ1v) is 7.88. The van der Waals surface area contributed by atoms with Crippen molar-refractivity contribution in [3.63, 3.8) is 0 Å². The Hall–Kier alpha value is -2.07. The molecule has 1 amide bonds. The van der Waals surface area contributed by atoms with Gasteiger partial charge in [0.1, 0.15) is 0 Å². The minimum Gasteiger partial charge on any atom is -0.370 e. The molecule has 0 unspecified atom stereocenters. The van der Waals surface area contributed by atoms with Gasteiger partial charge in [-0.3, -0.25) is 9.78 Å². The monoisotopic (exact) mass is 315 g/mol. The van der Waals surface area contributed by atoms with Gasteiger partial charge in [0.25, 0.3) is 5.91 Å². The number of nitrogens with one attached hydrogen (secondary N) is 1. The zero-order valence-corrected chi connectivity index (χ0v) is 13.0. The van der Waals surface area contributed by atoms with Crippen LogP contribution in [0.1, 0.15) is 29.6 Å². The molecule has 0 spiro atoms. The third kappa shape index (κ3) is 3.39. The van der Waals surface area contributed by atoms with Crippen LogP contribution in [0.5, 0.6) is 0 Å². The van der Waals surface area contributed by atoms with Crippen molar-refractivity contribution in [3.05, 3.63) is 53.3 Å². The molecular weight excluding hydrogens is 298 g/mol. The van der Waals surface area contributed by atoms with Crippen LogP contribution >= 0.6 is 11.6 Å². The van der Waals surface area contributed by atoms with Gasteiger partial charge >= 0.3 is 0 Å². The van der Waals surface area contributed by atoms with E-state index in [0.29, 0.717) is 16.3 Å². The fourth-order valence-electron chi connectivity index (χ4n) is 2.63. The molecule has 5 heteroatoms. The van der Waals surface area contributed by atoms with Crippen LogP contribution in [0.25, 0.3) is 0 Å². The van der Waals surface area contributed by atoms with Crippen molar-refractivity contribution in [1.29, 1.82) is 0 Å². The summed E-state index contributed by atoms with van der Waals surface area (Å²) in [7, 11) is 0. The fourth-order valence-corrected chi connectivity index (χ4v) is 2.82. The van der Waals surface area contributed by atoms with Crippen molar-refractivity contribution in [2.75, 3.05) is 23.3 Å². The standard InChI is InChI=1S/C17H18ClN3O/c18-15-6-2-3-7-16(15)20-17(22)13-10-14(12-19-11-13)21-8-4-1-5-9-21/h2-3,6-7,10-12H,1,4-5,8-9H2,(H,20,22). The van der Waals surface area contributed by atoms with Gasteiger partial charge in [-0.2, -0.15) is 0 Å². The highest BCUT2D eigenvalue weighted by molar-refractivity contribution is 6.33. The van der Waals surface area contributed by atoms with E-state index < -0.39 is 0 Å². The summed E-state index contributed by atoms with van der Waals surface area (Å²) >= 11 is 6.07. The third-order valence-corrected chi connectivity index (χ3v) is 4.16. The van der Waals surface area contributed by atoms with Crippen molar-refractivity contribution in [1.82, 2.24) is 4.98 Å². The summed E-state index contributed by atoms with van der Waals surface area (Å²) < 4.78 is 0. The van der Waals surface area contributed by atoms with Crippen LogP contribution in [-0.4, -0.2) is 24.0 Å². The molecule has 0 radical (unpaired) electrons. The van der Waals surface area contributed by atoms with Crippen LogP contribution in [0, 0.1) is 0 Å². The molecule has 0 atom stereocenters. The van der Waals surface area contributed by atoms with Gasteiger partial charge in [0.15, 0.2) is 0 Å². The summed E-state index contributed by atoms with van der Waals surface area (Å²) in [6.07, 6.45) is 7.06. The second-order valence-corrected chi connectivity index (χ2v) is 5.82. The second-order valence-electron chi connectivity index (χ2n) is 5.41. The third-order valence-electron chi connectivity index (χ3n) is 3.83. The van der Waals surface area contributed by atoms with E-state index >= 15 is 0 Å². The van der Waals surface area contributed by atoms with Gasteiger partial charge in [0.05, 0.1) is 28.2 Å². The van der Waals surface area contributed by atoms with Gasteiger partial charge in [-0.25, -0.2) is 0 Å². The molecule has 0 bridgehead atoms. The highest BCUT2D eigenvalue weighted by atomic mass is 35.5. The zero-order valence-electron chi connectivity index (χ0n) is 12.3. The average Bonchev–Trinajstić information content (AvgIpc) is 2.58. The molecule has 1 fully saturated rings. The summed E-state index contributed by atoms with van der Waals surface area (Å²) in [6.45, 7) is 2.05. The molecule has 1 aromatic carbocycles. The minimum atomic E-state index is -0.195.